The van der Waals surface area contributed by atoms with E-state index < -0.39 is 65.6 Å². The van der Waals surface area contributed by atoms with Crippen LogP contribution in [0, 0.1) is 0 Å². The van der Waals surface area contributed by atoms with Crippen LogP contribution in [-0.4, -0.2) is 40.4 Å². The molecule has 2 aliphatic rings. The third-order valence-electron chi connectivity index (χ3n) is 7.51. The molecule has 1 aromatic carbocycles. The quantitative estimate of drug-likeness (QED) is 0.316. The van der Waals surface area contributed by atoms with Crippen LogP contribution in [0.2, 0.25) is 0 Å². The minimum atomic E-state index is -5.13. The number of carbonyl (C=O) groups is 2. The molecule has 2 unspecified atom stereocenters. The number of carbonyl (C=O) groups excluding carboxylic acids is 2. The number of hydrogen-bond acceptors (Lipinski definition) is 5. The Hall–Kier alpha value is -3.52. The minimum Gasteiger partial charge on any atom is -0.439 e. The number of amides is 1. The Balaban J connectivity index is 1.71. The van der Waals surface area contributed by atoms with E-state index in [2.05, 4.69) is 4.98 Å². The van der Waals surface area contributed by atoms with Crippen molar-refractivity contribution >= 4 is 17.7 Å². The van der Waals surface area contributed by atoms with Crippen LogP contribution in [0.1, 0.15) is 73.5 Å². The van der Waals surface area contributed by atoms with Crippen molar-refractivity contribution < 1.29 is 53.8 Å². The third kappa shape index (κ3) is 6.59. The van der Waals surface area contributed by atoms with Crippen LogP contribution < -0.4 is 4.90 Å². The summed E-state index contributed by atoms with van der Waals surface area (Å²) >= 11 is 0. The number of ketones is 1. The lowest BCUT2D eigenvalue weighted by atomic mass is 9.92. The van der Waals surface area contributed by atoms with E-state index in [1.165, 1.54) is 6.92 Å². The highest BCUT2D eigenvalue weighted by atomic mass is 19.4. The SMILES string of the molecule is CCN(c1ncc(C(F)(F)F)cc1CN1C(=O)OC(c2cc(C(F)(F)F)cc(C(F)(F)F)c2)C1C)C1CCC(=O)CC1. The Morgan fingerprint density at radius 1 is 0.881 bits per heavy atom. The summed E-state index contributed by atoms with van der Waals surface area (Å²) in [5.74, 6) is 0.178. The predicted octanol–water partition coefficient (Wildman–Crippen LogP) is 7.56. The van der Waals surface area contributed by atoms with Gasteiger partial charge in [0.2, 0.25) is 0 Å². The van der Waals surface area contributed by atoms with Gasteiger partial charge >= 0.3 is 24.6 Å². The molecule has 0 radical (unpaired) electrons. The van der Waals surface area contributed by atoms with Gasteiger partial charge in [0.1, 0.15) is 17.7 Å². The molecule has 1 saturated carbocycles. The molecule has 4 rings (SSSR count). The van der Waals surface area contributed by atoms with E-state index >= 15 is 0 Å². The van der Waals surface area contributed by atoms with Crippen LogP contribution in [0.3, 0.4) is 0 Å². The first kappa shape index (κ1) is 31.4. The second kappa shape index (κ2) is 11.3. The van der Waals surface area contributed by atoms with Gasteiger partial charge in [-0.25, -0.2) is 9.78 Å². The summed E-state index contributed by atoms with van der Waals surface area (Å²) < 4.78 is 127. The number of rotatable bonds is 6. The number of anilines is 1. The number of nitrogens with zero attached hydrogens (tertiary/aromatic N) is 3. The monoisotopic (exact) mass is 611 g/mol. The topological polar surface area (TPSA) is 62.7 Å². The normalized spacial score (nSPS) is 20.7. The molecule has 1 aromatic heterocycles. The summed E-state index contributed by atoms with van der Waals surface area (Å²) in [5, 5.41) is 0. The van der Waals surface area contributed by atoms with Gasteiger partial charge in [-0.05, 0) is 56.5 Å². The van der Waals surface area contributed by atoms with Gasteiger partial charge < -0.3 is 9.64 Å². The van der Waals surface area contributed by atoms with Crippen LogP contribution in [0.5, 0.6) is 0 Å². The third-order valence-corrected chi connectivity index (χ3v) is 7.51. The zero-order valence-electron chi connectivity index (χ0n) is 22.3. The number of halogens is 9. The van der Waals surface area contributed by atoms with Crippen LogP contribution in [0.15, 0.2) is 30.5 Å². The van der Waals surface area contributed by atoms with Crippen molar-refractivity contribution in [1.82, 2.24) is 9.88 Å². The number of benzene rings is 1. The number of Topliss-reactive ketones (excluding diaryl/α,β-unsaturated/α-hetero) is 1. The van der Waals surface area contributed by atoms with Crippen molar-refractivity contribution in [3.05, 3.63) is 58.3 Å². The molecular weight excluding hydrogens is 585 g/mol. The smallest absolute Gasteiger partial charge is 0.417 e. The Labute approximate surface area is 234 Å². The molecule has 2 aromatic rings. The van der Waals surface area contributed by atoms with E-state index in [1.54, 1.807) is 11.8 Å². The summed E-state index contributed by atoms with van der Waals surface area (Å²) in [4.78, 5) is 31.3. The summed E-state index contributed by atoms with van der Waals surface area (Å²) in [6, 6.07) is 0.269. The number of alkyl halides is 9. The standard InChI is InChI=1S/C27H26F9N3O3/c1-3-38(20-4-6-21(40)7-5-20)23-16(10-19(12-37-23)27(34,35)36)13-39-14(2)22(42-24(39)41)15-8-17(25(28,29)30)11-18(9-15)26(31,32)33/h8-12,14,20,22H,3-7,13H2,1-2H3. The summed E-state index contributed by atoms with van der Waals surface area (Å²) in [5.41, 5.74) is -4.91. The van der Waals surface area contributed by atoms with Crippen LogP contribution in [0.4, 0.5) is 50.1 Å². The van der Waals surface area contributed by atoms with Crippen molar-refractivity contribution in [3.8, 4) is 0 Å². The van der Waals surface area contributed by atoms with E-state index in [-0.39, 0.29) is 42.1 Å². The lowest BCUT2D eigenvalue weighted by molar-refractivity contribution is -0.143. The van der Waals surface area contributed by atoms with E-state index in [4.69, 9.17) is 4.74 Å². The maximum atomic E-state index is 13.6. The zero-order valence-corrected chi connectivity index (χ0v) is 22.3. The lowest BCUT2D eigenvalue weighted by Gasteiger charge is -2.36. The molecule has 2 fully saturated rings. The second-order valence-electron chi connectivity index (χ2n) is 10.3. The van der Waals surface area contributed by atoms with Gasteiger partial charge in [0.15, 0.2) is 0 Å². The van der Waals surface area contributed by atoms with Gasteiger partial charge in [0.05, 0.1) is 29.3 Å². The van der Waals surface area contributed by atoms with Gasteiger partial charge in [-0.2, -0.15) is 39.5 Å². The molecule has 0 bridgehead atoms. The van der Waals surface area contributed by atoms with Crippen molar-refractivity contribution in [3.63, 3.8) is 0 Å². The highest BCUT2D eigenvalue weighted by Gasteiger charge is 2.44. The number of aromatic nitrogens is 1. The fourth-order valence-corrected chi connectivity index (χ4v) is 5.34. The first-order valence-electron chi connectivity index (χ1n) is 13.0. The van der Waals surface area contributed by atoms with Crippen LogP contribution in [0.25, 0.3) is 0 Å². The molecule has 0 spiro atoms. The van der Waals surface area contributed by atoms with Gasteiger partial charge in [0.25, 0.3) is 0 Å². The number of ether oxygens (including phenoxy) is 1. The Bertz CT molecular complexity index is 1300. The second-order valence-corrected chi connectivity index (χ2v) is 10.3. The van der Waals surface area contributed by atoms with Gasteiger partial charge in [-0.1, -0.05) is 0 Å². The summed E-state index contributed by atoms with van der Waals surface area (Å²) in [7, 11) is 0. The molecule has 1 amide bonds. The molecule has 1 aliphatic carbocycles. The van der Waals surface area contributed by atoms with Crippen molar-refractivity contribution in [2.24, 2.45) is 0 Å². The van der Waals surface area contributed by atoms with Crippen LogP contribution in [-0.2, 0) is 34.6 Å². The fourth-order valence-electron chi connectivity index (χ4n) is 5.34. The minimum absolute atomic E-state index is 0.0481. The molecule has 42 heavy (non-hydrogen) atoms. The first-order valence-corrected chi connectivity index (χ1v) is 13.0. The molecule has 230 valence electrons. The maximum Gasteiger partial charge on any atom is 0.417 e. The zero-order chi connectivity index (χ0) is 31.2. The van der Waals surface area contributed by atoms with Gasteiger partial charge in [0, 0.05) is 37.2 Å². The molecule has 2 heterocycles. The van der Waals surface area contributed by atoms with E-state index in [1.807, 2.05) is 0 Å². The van der Waals surface area contributed by atoms with Crippen molar-refractivity contribution in [2.45, 2.75) is 82.8 Å². The Morgan fingerprint density at radius 2 is 1.43 bits per heavy atom. The maximum absolute atomic E-state index is 13.6. The molecule has 1 aliphatic heterocycles. The van der Waals surface area contributed by atoms with E-state index in [0.717, 1.165) is 11.0 Å². The van der Waals surface area contributed by atoms with E-state index in [9.17, 15) is 49.1 Å². The largest absolute Gasteiger partial charge is 0.439 e. The molecule has 0 N–H and O–H groups in total. The number of cyclic esters (lactones) is 1. The predicted molar refractivity (Wildman–Crippen MR) is 130 cm³/mol. The molecular formula is C27H26F9N3O3. The van der Waals surface area contributed by atoms with Gasteiger partial charge in [-0.3, -0.25) is 9.69 Å². The summed E-state index contributed by atoms with van der Waals surface area (Å²) in [6.45, 7) is 2.84. The average molecular weight is 612 g/mol. The Kier molecular flexibility index (Phi) is 8.44. The van der Waals surface area contributed by atoms with Crippen LogP contribution >= 0.6 is 0 Å². The highest BCUT2D eigenvalue weighted by Crippen LogP contribution is 2.42. The lowest BCUT2D eigenvalue weighted by Crippen LogP contribution is -2.40. The number of hydrogen-bond donors (Lipinski definition) is 0. The van der Waals surface area contributed by atoms with Crippen molar-refractivity contribution in [2.75, 3.05) is 11.4 Å². The summed E-state index contributed by atoms with van der Waals surface area (Å²) in [6.07, 6.45) is -15.7. The fraction of sp³-hybridized carbons (Fsp3) is 0.519. The number of pyridine rings is 1. The van der Waals surface area contributed by atoms with E-state index in [0.29, 0.717) is 37.7 Å². The molecule has 2 atom stereocenters. The average Bonchev–Trinajstić information content (AvgIpc) is 3.17. The first-order chi connectivity index (χ1) is 19.4. The molecule has 6 nitrogen and oxygen atoms in total. The highest BCUT2D eigenvalue weighted by molar-refractivity contribution is 5.79. The molecule has 15 heteroatoms. The van der Waals surface area contributed by atoms with Gasteiger partial charge in [-0.15, -0.1) is 0 Å². The molecule has 1 saturated heterocycles. The Morgan fingerprint density at radius 3 is 1.93 bits per heavy atom. The van der Waals surface area contributed by atoms with Crippen molar-refractivity contribution in [1.29, 1.82) is 0 Å².